The van der Waals surface area contributed by atoms with Gasteiger partial charge in [0.1, 0.15) is 0 Å². The van der Waals surface area contributed by atoms with Crippen molar-refractivity contribution in [2.45, 2.75) is 54.8 Å². The summed E-state index contributed by atoms with van der Waals surface area (Å²) < 4.78 is 122. The van der Waals surface area contributed by atoms with Crippen molar-refractivity contribution in [1.82, 2.24) is 5.32 Å². The number of rotatable bonds is 8. The summed E-state index contributed by atoms with van der Waals surface area (Å²) in [5.41, 5.74) is -14.8. The zero-order chi connectivity index (χ0) is 24.5. The Morgan fingerprint density at radius 1 is 0.935 bits per heavy atom. The van der Waals surface area contributed by atoms with Gasteiger partial charge in [0.25, 0.3) is 19.7 Å². The van der Waals surface area contributed by atoms with Gasteiger partial charge in [-0.15, -0.1) is 0 Å². The molecule has 2 atom stereocenters. The number of benzene rings is 1. The molecule has 2 unspecified atom stereocenters. The molecule has 0 aliphatic carbocycles. The molecule has 1 N–H and O–H groups in total. The standard InChI is InChI=1S/C17H21F6NO5S2/c1-4-11(2)14(25)24-15(3,12-8-6-5-7-9-12)10-13(30(26,27)16(18,19)20)31(28,29)17(21,22)23/h5-9,11,13H,4,10H2,1-3H3,(H,24,25). The van der Waals surface area contributed by atoms with Crippen molar-refractivity contribution in [1.29, 1.82) is 0 Å². The molecule has 0 aliphatic rings. The maximum Gasteiger partial charge on any atom is 0.498 e. The minimum Gasteiger partial charge on any atom is -0.347 e. The Morgan fingerprint density at radius 2 is 1.35 bits per heavy atom. The van der Waals surface area contributed by atoms with Crippen molar-refractivity contribution in [3.05, 3.63) is 35.9 Å². The summed E-state index contributed by atoms with van der Waals surface area (Å²) in [7, 11) is -13.7. The third-order valence-corrected chi connectivity index (χ3v) is 9.31. The van der Waals surface area contributed by atoms with Crippen LogP contribution >= 0.6 is 0 Å². The second-order valence-corrected chi connectivity index (χ2v) is 11.7. The van der Waals surface area contributed by atoms with Gasteiger partial charge in [0.2, 0.25) is 5.91 Å². The van der Waals surface area contributed by atoms with Crippen LogP contribution in [0.4, 0.5) is 26.3 Å². The molecule has 6 nitrogen and oxygen atoms in total. The number of hydrogen-bond acceptors (Lipinski definition) is 5. The molecule has 0 aromatic heterocycles. The van der Waals surface area contributed by atoms with Crippen LogP contribution in [0.2, 0.25) is 0 Å². The number of nitrogens with one attached hydrogen (secondary N) is 1. The van der Waals surface area contributed by atoms with Crippen molar-refractivity contribution in [2.75, 3.05) is 0 Å². The Kier molecular flexibility index (Phi) is 7.86. The molecule has 0 radical (unpaired) electrons. The molecule has 0 spiro atoms. The molecular weight excluding hydrogens is 476 g/mol. The van der Waals surface area contributed by atoms with Gasteiger partial charge < -0.3 is 5.32 Å². The van der Waals surface area contributed by atoms with Crippen molar-refractivity contribution >= 4 is 25.6 Å². The summed E-state index contributed by atoms with van der Waals surface area (Å²) in [6.07, 6.45) is -1.47. The van der Waals surface area contributed by atoms with Crippen LogP contribution in [0.5, 0.6) is 0 Å². The number of carbonyl (C=O) groups excluding carboxylic acids is 1. The van der Waals surface area contributed by atoms with Crippen LogP contribution in [-0.4, -0.2) is 38.3 Å². The zero-order valence-electron chi connectivity index (χ0n) is 16.6. The van der Waals surface area contributed by atoms with E-state index in [9.17, 15) is 48.0 Å². The summed E-state index contributed by atoms with van der Waals surface area (Å²) >= 11 is 0. The van der Waals surface area contributed by atoms with Gasteiger partial charge in [-0.05, 0) is 18.9 Å². The molecule has 14 heteroatoms. The first-order valence-corrected chi connectivity index (χ1v) is 11.9. The summed E-state index contributed by atoms with van der Waals surface area (Å²) in [4.78, 5) is 12.4. The van der Waals surface area contributed by atoms with E-state index in [1.54, 1.807) is 6.92 Å². The number of alkyl halides is 6. The molecule has 1 aromatic rings. The predicted molar refractivity (Wildman–Crippen MR) is 99.7 cm³/mol. The highest BCUT2D eigenvalue weighted by atomic mass is 32.3. The largest absolute Gasteiger partial charge is 0.498 e. The second-order valence-electron chi connectivity index (χ2n) is 7.11. The Bertz CT molecular complexity index is 946. The molecule has 0 saturated heterocycles. The Labute approximate surface area is 175 Å². The van der Waals surface area contributed by atoms with Crippen LogP contribution < -0.4 is 5.32 Å². The van der Waals surface area contributed by atoms with E-state index in [1.165, 1.54) is 37.3 Å². The van der Waals surface area contributed by atoms with Crippen LogP contribution in [0.25, 0.3) is 0 Å². The predicted octanol–water partition coefficient (Wildman–Crippen LogP) is 3.65. The number of carbonyl (C=O) groups is 1. The SMILES string of the molecule is CCC(C)C(=O)NC(C)(CC(S(=O)(=O)C(F)(F)F)S(=O)(=O)C(F)(F)F)c1ccccc1. The number of sulfone groups is 2. The minimum atomic E-state index is -6.84. The fourth-order valence-electron chi connectivity index (χ4n) is 2.65. The average molecular weight is 497 g/mol. The van der Waals surface area contributed by atoms with Gasteiger partial charge in [0, 0.05) is 12.3 Å². The molecule has 0 fully saturated rings. The minimum absolute atomic E-state index is 0.0774. The van der Waals surface area contributed by atoms with E-state index >= 15 is 0 Å². The van der Waals surface area contributed by atoms with Crippen LogP contribution in [0.15, 0.2) is 30.3 Å². The summed E-state index contributed by atoms with van der Waals surface area (Å²) in [5, 5.41) is 2.24. The van der Waals surface area contributed by atoms with Crippen LogP contribution in [0, 0.1) is 5.92 Å². The van der Waals surface area contributed by atoms with Crippen molar-refractivity contribution in [3.8, 4) is 0 Å². The van der Waals surface area contributed by atoms with E-state index in [-0.39, 0.29) is 12.0 Å². The van der Waals surface area contributed by atoms with E-state index in [0.29, 0.717) is 0 Å². The molecule has 1 amide bonds. The average Bonchev–Trinajstić information content (AvgIpc) is 2.64. The zero-order valence-corrected chi connectivity index (χ0v) is 18.2. The lowest BCUT2D eigenvalue weighted by Gasteiger charge is -2.35. The smallest absolute Gasteiger partial charge is 0.347 e. The van der Waals surface area contributed by atoms with E-state index in [4.69, 9.17) is 0 Å². The van der Waals surface area contributed by atoms with Crippen LogP contribution in [0.1, 0.15) is 39.2 Å². The van der Waals surface area contributed by atoms with Crippen molar-refractivity contribution in [3.63, 3.8) is 0 Å². The third-order valence-electron chi connectivity index (χ3n) is 4.78. The topological polar surface area (TPSA) is 97.4 Å². The molecule has 1 rings (SSSR count). The third kappa shape index (κ3) is 5.70. The number of halogens is 6. The van der Waals surface area contributed by atoms with Crippen LogP contribution in [0.3, 0.4) is 0 Å². The van der Waals surface area contributed by atoms with E-state index in [1.807, 2.05) is 0 Å². The van der Waals surface area contributed by atoms with E-state index < -0.39 is 59.1 Å². The van der Waals surface area contributed by atoms with E-state index in [0.717, 1.165) is 6.92 Å². The first kappa shape index (κ1) is 27.2. The van der Waals surface area contributed by atoms with E-state index in [2.05, 4.69) is 5.32 Å². The van der Waals surface area contributed by atoms with Gasteiger partial charge in [-0.25, -0.2) is 16.8 Å². The molecule has 31 heavy (non-hydrogen) atoms. The fraction of sp³-hybridized carbons (Fsp3) is 0.588. The lowest BCUT2D eigenvalue weighted by atomic mass is 9.88. The molecule has 1 aromatic carbocycles. The Morgan fingerprint density at radius 3 is 1.71 bits per heavy atom. The number of amides is 1. The maximum atomic E-state index is 13.1. The second kappa shape index (κ2) is 8.96. The van der Waals surface area contributed by atoms with Gasteiger partial charge in [0.15, 0.2) is 4.58 Å². The monoisotopic (exact) mass is 497 g/mol. The van der Waals surface area contributed by atoms with Crippen molar-refractivity contribution in [2.24, 2.45) is 5.92 Å². The number of hydrogen-bond donors (Lipinski definition) is 1. The van der Waals surface area contributed by atoms with Gasteiger partial charge in [-0.3, -0.25) is 4.79 Å². The molecule has 178 valence electrons. The first-order chi connectivity index (χ1) is 13.8. The normalized spacial score (nSPS) is 16.6. The summed E-state index contributed by atoms with van der Waals surface area (Å²) in [5.74, 6) is -1.54. The highest BCUT2D eigenvalue weighted by Gasteiger charge is 2.64. The Balaban J connectivity index is 3.74. The van der Waals surface area contributed by atoms with Gasteiger partial charge in [-0.2, -0.15) is 26.3 Å². The molecular formula is C17H21F6NO5S2. The highest BCUT2D eigenvalue weighted by Crippen LogP contribution is 2.41. The Hall–Kier alpha value is -1.83. The summed E-state index contributed by atoms with van der Waals surface area (Å²) in [6.45, 7) is 3.99. The molecule has 0 aliphatic heterocycles. The molecule has 0 saturated carbocycles. The highest BCUT2D eigenvalue weighted by molar-refractivity contribution is 8.09. The molecule has 0 bridgehead atoms. The lowest BCUT2D eigenvalue weighted by molar-refractivity contribution is -0.126. The van der Waals surface area contributed by atoms with Crippen LogP contribution in [-0.2, 0) is 30.0 Å². The quantitative estimate of drug-likeness (QED) is 0.553. The van der Waals surface area contributed by atoms with Gasteiger partial charge in [-0.1, -0.05) is 44.2 Å². The lowest BCUT2D eigenvalue weighted by Crippen LogP contribution is -2.53. The van der Waals surface area contributed by atoms with Crippen molar-refractivity contribution < 1.29 is 48.0 Å². The summed E-state index contributed by atoms with van der Waals surface area (Å²) in [6, 6.07) is 6.57. The van der Waals surface area contributed by atoms with Gasteiger partial charge >= 0.3 is 11.0 Å². The maximum absolute atomic E-state index is 13.1. The first-order valence-electron chi connectivity index (χ1n) is 8.79. The fourth-order valence-corrected chi connectivity index (χ4v) is 6.34. The molecule has 0 heterocycles. The van der Waals surface area contributed by atoms with Gasteiger partial charge in [0.05, 0.1) is 5.54 Å².